The maximum atomic E-state index is 12.5. The second kappa shape index (κ2) is 11.6. The number of carbonyl (C=O) groups is 2. The molecule has 0 fully saturated rings. The Kier molecular flexibility index (Phi) is 8.51. The Morgan fingerprint density at radius 2 is 1.97 bits per heavy atom. The van der Waals surface area contributed by atoms with Crippen LogP contribution in [0.15, 0.2) is 29.3 Å². The predicted molar refractivity (Wildman–Crippen MR) is 126 cm³/mol. The molecule has 1 aromatic heterocycles. The lowest BCUT2D eigenvalue weighted by atomic mass is 10.1. The first-order valence-corrected chi connectivity index (χ1v) is 10.5. The van der Waals surface area contributed by atoms with Gasteiger partial charge in [-0.1, -0.05) is 12.1 Å². The summed E-state index contributed by atoms with van der Waals surface area (Å²) in [5.74, 6) is -0.823. The first-order valence-electron chi connectivity index (χ1n) is 10.5. The Balaban J connectivity index is 1.95. The van der Waals surface area contributed by atoms with Gasteiger partial charge in [-0.05, 0) is 6.07 Å². The molecule has 1 aromatic carbocycles. The van der Waals surface area contributed by atoms with E-state index in [1.165, 1.54) is 20.3 Å². The Labute approximate surface area is 205 Å². The van der Waals surface area contributed by atoms with E-state index < -0.39 is 29.9 Å². The van der Waals surface area contributed by atoms with Crippen molar-refractivity contribution < 1.29 is 34.4 Å². The van der Waals surface area contributed by atoms with Crippen LogP contribution in [0.3, 0.4) is 0 Å². The quantitative estimate of drug-likeness (QED) is 0.141. The zero-order chi connectivity index (χ0) is 26.3. The van der Waals surface area contributed by atoms with Gasteiger partial charge in [-0.3, -0.25) is 20.4 Å². The molecule has 3 amide bonds. The number of hydrazine groups is 1. The third-order valence-corrected chi connectivity index (χ3v) is 4.65. The van der Waals surface area contributed by atoms with Crippen LogP contribution in [0.1, 0.15) is 22.2 Å². The molecule has 1 unspecified atom stereocenters. The number of aromatic nitrogens is 2. The summed E-state index contributed by atoms with van der Waals surface area (Å²) in [5, 5.41) is 46.2. The van der Waals surface area contributed by atoms with Crippen LogP contribution >= 0.6 is 0 Å². The van der Waals surface area contributed by atoms with Crippen LogP contribution < -0.4 is 31.4 Å². The van der Waals surface area contributed by atoms with Crippen molar-refractivity contribution in [2.45, 2.75) is 12.3 Å². The van der Waals surface area contributed by atoms with Gasteiger partial charge in [0.05, 0.1) is 25.1 Å². The second-order valence-corrected chi connectivity index (χ2v) is 7.42. The normalized spacial score (nSPS) is 14.9. The summed E-state index contributed by atoms with van der Waals surface area (Å²) < 4.78 is 10.5. The molecule has 0 radical (unpaired) electrons. The summed E-state index contributed by atoms with van der Waals surface area (Å²) in [4.78, 5) is 29.0. The van der Waals surface area contributed by atoms with E-state index in [1.807, 2.05) is 0 Å². The predicted octanol–water partition coefficient (Wildman–Crippen LogP) is -1.21. The number of urea groups is 1. The topological polar surface area (TPSA) is 215 Å². The number of nitrogens with one attached hydrogen (secondary N) is 5. The number of para-hydroxylation sites is 1. The standard InChI is InChI=1S/C20H27N9O7/c1-29-10-22-17(28-29)11-5-4-6-12(16(11)36-3)23-13-9-14(24-19(31)21-7-8-35-2)26-27-15(13)18(30)25-20(32,33)34/h4-6,9-10,17,28,32-34H,7-8H2,1-3H3,(H,25,30)(H3,21,23,24,26,31). The van der Waals surface area contributed by atoms with E-state index in [2.05, 4.69) is 36.6 Å². The number of aliphatic imine (C=N–C) groups is 1. The number of benzene rings is 1. The van der Waals surface area contributed by atoms with E-state index in [0.29, 0.717) is 23.6 Å². The molecule has 0 bridgehead atoms. The molecule has 1 atom stereocenters. The van der Waals surface area contributed by atoms with Crippen LogP contribution in [0.25, 0.3) is 0 Å². The summed E-state index contributed by atoms with van der Waals surface area (Å²) in [5.41, 5.74) is 3.75. The molecule has 16 heteroatoms. The highest BCUT2D eigenvalue weighted by Gasteiger charge is 2.27. The van der Waals surface area contributed by atoms with Gasteiger partial charge in [0, 0.05) is 32.3 Å². The zero-order valence-corrected chi connectivity index (χ0v) is 19.6. The fourth-order valence-electron chi connectivity index (χ4n) is 3.17. The first kappa shape index (κ1) is 26.5. The van der Waals surface area contributed by atoms with Gasteiger partial charge in [0.1, 0.15) is 18.3 Å². The van der Waals surface area contributed by atoms with Gasteiger partial charge in [0.2, 0.25) is 0 Å². The van der Waals surface area contributed by atoms with E-state index in [0.717, 1.165) is 0 Å². The van der Waals surface area contributed by atoms with Crippen molar-refractivity contribution in [1.82, 2.24) is 31.3 Å². The number of nitrogens with zero attached hydrogens (tertiary/aromatic N) is 4. The fourth-order valence-corrected chi connectivity index (χ4v) is 3.17. The molecular formula is C20H27N9O7. The van der Waals surface area contributed by atoms with Crippen LogP contribution in [0.5, 0.6) is 5.75 Å². The minimum absolute atomic E-state index is 0.00519. The van der Waals surface area contributed by atoms with E-state index in [9.17, 15) is 9.59 Å². The molecule has 3 rings (SSSR count). The molecule has 36 heavy (non-hydrogen) atoms. The van der Waals surface area contributed by atoms with E-state index in [4.69, 9.17) is 24.8 Å². The van der Waals surface area contributed by atoms with E-state index >= 15 is 0 Å². The average Bonchev–Trinajstić information content (AvgIpc) is 3.24. The molecular weight excluding hydrogens is 478 g/mol. The Morgan fingerprint density at radius 3 is 2.61 bits per heavy atom. The van der Waals surface area contributed by atoms with Crippen molar-refractivity contribution in [3.8, 4) is 5.75 Å². The SMILES string of the molecule is COCCNC(=O)Nc1cc(Nc2cccc(C3N=CN(C)N3)c2OC)c(C(=O)NC(O)(O)O)nn1. The number of methoxy groups -OCH3 is 2. The third-order valence-electron chi connectivity index (χ3n) is 4.65. The number of hydrogen-bond donors (Lipinski definition) is 8. The maximum Gasteiger partial charge on any atom is 0.369 e. The van der Waals surface area contributed by atoms with Gasteiger partial charge < -0.3 is 35.4 Å². The Bertz CT molecular complexity index is 1120. The average molecular weight is 505 g/mol. The fraction of sp³-hybridized carbons (Fsp3) is 0.350. The molecule has 2 aromatic rings. The van der Waals surface area contributed by atoms with Crippen LogP contribution in [0.2, 0.25) is 0 Å². The van der Waals surface area contributed by atoms with Gasteiger partial charge in [-0.15, -0.1) is 10.2 Å². The van der Waals surface area contributed by atoms with Gasteiger partial charge in [-0.25, -0.2) is 15.2 Å². The summed E-state index contributed by atoms with van der Waals surface area (Å²) in [6.07, 6.45) is -2.32. The van der Waals surface area contributed by atoms with E-state index in [1.54, 1.807) is 41.9 Å². The van der Waals surface area contributed by atoms with Gasteiger partial charge in [-0.2, -0.15) is 0 Å². The number of amides is 3. The molecule has 0 saturated carbocycles. The largest absolute Gasteiger partial charge is 0.494 e. The van der Waals surface area contributed by atoms with Crippen molar-refractivity contribution in [3.63, 3.8) is 0 Å². The molecule has 8 N–H and O–H groups in total. The van der Waals surface area contributed by atoms with Crippen LogP contribution in [0, 0.1) is 0 Å². The first-order chi connectivity index (χ1) is 17.1. The smallest absolute Gasteiger partial charge is 0.369 e. The number of hydrogen-bond acceptors (Lipinski definition) is 13. The lowest BCUT2D eigenvalue weighted by molar-refractivity contribution is -0.323. The molecule has 2 heterocycles. The highest BCUT2D eigenvalue weighted by Crippen LogP contribution is 2.36. The molecule has 0 aliphatic carbocycles. The molecule has 1 aliphatic rings. The van der Waals surface area contributed by atoms with Crippen molar-refractivity contribution >= 4 is 35.5 Å². The molecule has 16 nitrogen and oxygen atoms in total. The highest BCUT2D eigenvalue weighted by molar-refractivity contribution is 5.99. The van der Waals surface area contributed by atoms with E-state index in [-0.39, 0.29) is 18.1 Å². The van der Waals surface area contributed by atoms with Gasteiger partial charge >= 0.3 is 12.1 Å². The third kappa shape index (κ3) is 6.96. The number of rotatable bonds is 10. The summed E-state index contributed by atoms with van der Waals surface area (Å²) in [6, 6.07) is 5.88. The van der Waals surface area contributed by atoms with Gasteiger partial charge in [0.15, 0.2) is 11.5 Å². The minimum atomic E-state index is -3.50. The molecule has 0 saturated heterocycles. The lowest BCUT2D eigenvalue weighted by Gasteiger charge is -2.20. The second-order valence-electron chi connectivity index (χ2n) is 7.42. The van der Waals surface area contributed by atoms with Crippen molar-refractivity contribution in [3.05, 3.63) is 35.5 Å². The molecule has 0 spiro atoms. The summed E-state index contributed by atoms with van der Waals surface area (Å²) >= 11 is 0. The van der Waals surface area contributed by atoms with Crippen molar-refractivity contribution in [1.29, 1.82) is 0 Å². The number of carbonyl (C=O) groups excluding carboxylic acids is 2. The van der Waals surface area contributed by atoms with Crippen molar-refractivity contribution in [2.75, 3.05) is 45.1 Å². The Morgan fingerprint density at radius 1 is 1.19 bits per heavy atom. The molecule has 194 valence electrons. The number of ether oxygens (including phenoxy) is 2. The molecule has 1 aliphatic heterocycles. The highest BCUT2D eigenvalue weighted by atomic mass is 16.7. The lowest BCUT2D eigenvalue weighted by Crippen LogP contribution is -2.48. The Hall–Kier alpha value is -4.09. The summed E-state index contributed by atoms with van der Waals surface area (Å²) in [6.45, 7) is 0.534. The monoisotopic (exact) mass is 505 g/mol. The van der Waals surface area contributed by atoms with Gasteiger partial charge in [0.25, 0.3) is 5.91 Å². The zero-order valence-electron chi connectivity index (χ0n) is 19.6. The van der Waals surface area contributed by atoms with Crippen LogP contribution in [-0.2, 0) is 4.74 Å². The summed E-state index contributed by atoms with van der Waals surface area (Å²) in [7, 11) is 4.73. The number of anilines is 3. The number of aliphatic hydroxyl groups is 3. The van der Waals surface area contributed by atoms with Crippen LogP contribution in [-0.4, -0.2) is 89.3 Å². The van der Waals surface area contributed by atoms with Crippen molar-refractivity contribution in [2.24, 2.45) is 4.99 Å². The minimum Gasteiger partial charge on any atom is -0.494 e. The maximum absolute atomic E-state index is 12.5. The van der Waals surface area contributed by atoms with Crippen LogP contribution in [0.4, 0.5) is 22.0 Å².